The molecule has 6 aliphatic heterocycles. The highest BCUT2D eigenvalue weighted by Crippen LogP contribution is 2.48. The number of amides is 5. The van der Waals surface area contributed by atoms with Crippen molar-refractivity contribution in [1.82, 2.24) is 49.7 Å². The second kappa shape index (κ2) is 25.2. The molecule has 0 bridgehead atoms. The van der Waals surface area contributed by atoms with E-state index in [0.717, 1.165) is 131 Å². The van der Waals surface area contributed by atoms with Crippen molar-refractivity contribution >= 4 is 64.0 Å². The molecule has 5 amide bonds. The molecule has 8 aliphatic rings. The summed E-state index contributed by atoms with van der Waals surface area (Å²) in [6, 6.07) is 13.5. The molecule has 6 saturated heterocycles. The fraction of sp³-hybridized carbons (Fsp3) is 0.625. The Kier molecular flexibility index (Phi) is 17.6. The van der Waals surface area contributed by atoms with Gasteiger partial charge in [-0.05, 0) is 139 Å². The van der Waals surface area contributed by atoms with Crippen LogP contribution in [0.1, 0.15) is 144 Å². The number of likely N-dealkylation sites (tertiary alicyclic amines) is 3. The summed E-state index contributed by atoms with van der Waals surface area (Å²) < 4.78 is 28.0. The second-order valence-corrected chi connectivity index (χ2v) is 26.7. The van der Waals surface area contributed by atoms with Crippen molar-refractivity contribution in [2.75, 3.05) is 96.5 Å². The lowest BCUT2D eigenvalue weighted by Gasteiger charge is -2.40. The van der Waals surface area contributed by atoms with Gasteiger partial charge < -0.3 is 39.4 Å². The number of rotatable bonds is 16. The van der Waals surface area contributed by atoms with Crippen molar-refractivity contribution in [1.29, 1.82) is 0 Å². The number of piperazine rings is 1. The monoisotopic (exact) mass is 1190 g/mol. The molecule has 2 aliphatic carbocycles. The number of carbonyl (C=O) groups excluding carboxylic acids is 5. The van der Waals surface area contributed by atoms with Crippen molar-refractivity contribution in [3.63, 3.8) is 0 Å². The van der Waals surface area contributed by atoms with Gasteiger partial charge in [-0.15, -0.1) is 0 Å². The van der Waals surface area contributed by atoms with Gasteiger partial charge in [0.25, 0.3) is 5.91 Å². The lowest BCUT2D eigenvalue weighted by Crippen LogP contribution is -2.55. The predicted octanol–water partition coefficient (Wildman–Crippen LogP) is 8.20. The number of nitrogens with one attached hydrogen (secondary N) is 2. The highest BCUT2D eigenvalue weighted by atomic mass is 35.5. The normalized spacial score (nSPS) is 22.6. The molecular weight excluding hydrogens is 1100 g/mol. The highest BCUT2D eigenvalue weighted by Gasteiger charge is 2.65. The van der Waals surface area contributed by atoms with E-state index < -0.39 is 28.9 Å². The number of hydrogen-bond donors (Lipinski definition) is 2. The number of aromatic nitrogens is 3. The fourth-order valence-corrected chi connectivity index (χ4v) is 14.2. The quantitative estimate of drug-likeness (QED) is 0.102. The van der Waals surface area contributed by atoms with E-state index in [1.807, 2.05) is 72.0 Å². The molecule has 1 spiro atoms. The number of amidine groups is 1. The fourth-order valence-electron chi connectivity index (χ4n) is 14.0. The van der Waals surface area contributed by atoms with Crippen LogP contribution < -0.4 is 10.2 Å². The summed E-state index contributed by atoms with van der Waals surface area (Å²) in [5, 5.41) is 4.65. The van der Waals surface area contributed by atoms with E-state index in [-0.39, 0.29) is 65.4 Å². The summed E-state index contributed by atoms with van der Waals surface area (Å²) in [5.41, 5.74) is 1.39. The zero-order chi connectivity index (χ0) is 59.0. The Morgan fingerprint density at radius 3 is 2.16 bits per heavy atom. The van der Waals surface area contributed by atoms with E-state index in [1.165, 1.54) is 6.07 Å². The van der Waals surface area contributed by atoms with Crippen molar-refractivity contribution in [2.24, 2.45) is 16.8 Å². The van der Waals surface area contributed by atoms with Gasteiger partial charge in [0.2, 0.25) is 17.7 Å². The Bertz CT molecular complexity index is 3090. The van der Waals surface area contributed by atoms with Crippen molar-refractivity contribution in [2.45, 2.75) is 152 Å². The Hall–Kier alpha value is -6.22. The molecule has 2 aromatic heterocycles. The second-order valence-electron chi connectivity index (χ2n) is 26.2. The third-order valence-electron chi connectivity index (χ3n) is 19.3. The average Bonchev–Trinajstić information content (AvgIpc) is 1.58. The number of H-pyrrole nitrogens is 1. The molecule has 4 aromatic rings. The minimum Gasteiger partial charge on any atom is -0.443 e. The molecule has 2 atom stereocenters. The standard InChI is InChI=1S/C64H84ClFN12O7/c1-63(2,3)85-62(83)78-61(64(78)23-31-75(32-24-64)57-50-17-25-67-56(50)68-41-69-57)70-53(42-11-14-47(65)15-12-42)22-28-72-33-35-74(36-34-72)54(79)40-73-26-18-48(19-27-73)84-49-20-29-76(30-21-49)60(82)55(43-7-5-4-6-8-43)71-58(80)51-37-45(13-16-52(51)66)46-38-77(39-46)59(81)44-9-10-44/h11-17,25,37,41,43-44,46,48-49,53,55H,4-10,18-24,26-36,38-40H2,1-3H3,(H,71,80)(H,67,68,69)/t53-,55+,78?/m0/s1. The van der Waals surface area contributed by atoms with Gasteiger partial charge >= 0.3 is 6.09 Å². The van der Waals surface area contributed by atoms with E-state index in [4.69, 9.17) is 26.1 Å². The highest BCUT2D eigenvalue weighted by molar-refractivity contribution is 6.30. The molecular formula is C64H84ClFN12O7. The number of benzene rings is 2. The molecule has 0 radical (unpaired) electrons. The first kappa shape index (κ1) is 59.1. The van der Waals surface area contributed by atoms with Crippen LogP contribution in [0.2, 0.25) is 5.02 Å². The average molecular weight is 1190 g/mol. The number of aliphatic imine (C=N–C) groups is 1. The maximum Gasteiger partial charge on any atom is 0.416 e. The number of ether oxygens (including phenoxy) is 2. The number of hydrogen-bond acceptors (Lipinski definition) is 13. The van der Waals surface area contributed by atoms with Gasteiger partial charge in [-0.3, -0.25) is 34.0 Å². The van der Waals surface area contributed by atoms with E-state index >= 15 is 4.39 Å². The minimum atomic E-state index is -0.731. The van der Waals surface area contributed by atoms with Gasteiger partial charge in [0, 0.05) is 108 Å². The summed E-state index contributed by atoms with van der Waals surface area (Å²) in [4.78, 5) is 101. The van der Waals surface area contributed by atoms with Gasteiger partial charge in [-0.2, -0.15) is 0 Å². The first-order chi connectivity index (χ1) is 41.1. The van der Waals surface area contributed by atoms with E-state index in [9.17, 15) is 24.0 Å². The zero-order valence-corrected chi connectivity index (χ0v) is 50.5. The van der Waals surface area contributed by atoms with Crippen molar-refractivity contribution < 1.29 is 37.8 Å². The first-order valence-electron chi connectivity index (χ1n) is 31.5. The summed E-state index contributed by atoms with van der Waals surface area (Å²) >= 11 is 6.40. The smallest absolute Gasteiger partial charge is 0.416 e. The van der Waals surface area contributed by atoms with Crippen LogP contribution in [-0.4, -0.2) is 201 Å². The lowest BCUT2D eigenvalue weighted by atomic mass is 9.83. The lowest BCUT2D eigenvalue weighted by molar-refractivity contribution is -0.140. The molecule has 21 heteroatoms. The molecule has 456 valence electrons. The number of carbonyl (C=O) groups is 5. The van der Waals surface area contributed by atoms with Gasteiger partial charge in [-0.25, -0.2) is 24.1 Å². The van der Waals surface area contributed by atoms with Crippen LogP contribution in [0.15, 0.2) is 66.0 Å². The number of fused-ring (bicyclic) bond motifs is 1. The topological polar surface area (TPSA) is 192 Å². The number of aromatic amines is 1. The largest absolute Gasteiger partial charge is 0.443 e. The Balaban J connectivity index is 0.592. The van der Waals surface area contributed by atoms with Gasteiger partial charge in [0.05, 0.1) is 35.7 Å². The molecule has 2 N–H and O–H groups in total. The third kappa shape index (κ3) is 13.5. The maximum atomic E-state index is 15.3. The molecule has 8 fully saturated rings. The van der Waals surface area contributed by atoms with Crippen molar-refractivity contribution in [3.8, 4) is 0 Å². The van der Waals surface area contributed by atoms with E-state index in [2.05, 4.69) is 35.0 Å². The van der Waals surface area contributed by atoms with Gasteiger partial charge in [0.1, 0.15) is 46.6 Å². The molecule has 0 unspecified atom stereocenters. The van der Waals surface area contributed by atoms with Gasteiger partial charge in [0.15, 0.2) is 0 Å². The van der Waals surface area contributed by atoms with Crippen molar-refractivity contribution in [3.05, 3.63) is 88.6 Å². The molecule has 12 rings (SSSR count). The number of nitrogens with zero attached hydrogens (tertiary/aromatic N) is 10. The van der Waals surface area contributed by atoms with Crippen LogP contribution in [0.5, 0.6) is 0 Å². The van der Waals surface area contributed by atoms with E-state index in [0.29, 0.717) is 89.6 Å². The molecule has 2 saturated carbocycles. The van der Waals surface area contributed by atoms with Crippen LogP contribution in [0.4, 0.5) is 15.0 Å². The van der Waals surface area contributed by atoms with Crippen LogP contribution in [-0.2, 0) is 23.9 Å². The molecule has 2 aromatic carbocycles. The number of halogens is 2. The Labute approximate surface area is 503 Å². The summed E-state index contributed by atoms with van der Waals surface area (Å²) in [6.45, 7) is 14.8. The first-order valence-corrected chi connectivity index (χ1v) is 31.9. The van der Waals surface area contributed by atoms with E-state index in [1.54, 1.807) is 23.4 Å². The Morgan fingerprint density at radius 1 is 0.788 bits per heavy atom. The van der Waals surface area contributed by atoms with Crippen LogP contribution in [0.3, 0.4) is 0 Å². The third-order valence-corrected chi connectivity index (χ3v) is 19.6. The summed E-state index contributed by atoms with van der Waals surface area (Å²) in [6.07, 6.45) is 15.0. The summed E-state index contributed by atoms with van der Waals surface area (Å²) in [7, 11) is 0. The van der Waals surface area contributed by atoms with Crippen LogP contribution >= 0.6 is 11.6 Å². The molecule has 8 heterocycles. The minimum absolute atomic E-state index is 0.0137. The molecule has 85 heavy (non-hydrogen) atoms. The Morgan fingerprint density at radius 2 is 1.48 bits per heavy atom. The number of anilines is 1. The van der Waals surface area contributed by atoms with Crippen LogP contribution in [0, 0.1) is 17.7 Å². The predicted molar refractivity (Wildman–Crippen MR) is 322 cm³/mol. The molecule has 19 nitrogen and oxygen atoms in total. The SMILES string of the molecule is CC(C)(C)OC(=O)N1C(=N[C@@H](CCN2CCN(C(=O)CN3CCC(OC4CCN(C(=O)[C@H](NC(=O)c5cc(C6CN(C(=O)C7CC7)C6)ccc5F)C5CCCCC5)CC4)CC3)CC2)c2ccc(Cl)cc2)C12CCN(c1ncnc3[nH]ccc13)CC2. The number of piperidine rings is 3. The maximum absolute atomic E-state index is 15.3. The van der Waals surface area contributed by atoms with Gasteiger partial charge in [-0.1, -0.05) is 49.1 Å². The van der Waals surface area contributed by atoms with Crippen LogP contribution in [0.25, 0.3) is 11.0 Å². The summed E-state index contributed by atoms with van der Waals surface area (Å²) in [5.74, 6) is 0.911. The zero-order valence-electron chi connectivity index (χ0n) is 49.7.